The Morgan fingerprint density at radius 1 is 0.950 bits per heavy atom. The summed E-state index contributed by atoms with van der Waals surface area (Å²) in [7, 11) is 1.65. The molecular weight excluding hydrogens is 331 g/mol. The molecule has 2 aromatic rings. The van der Waals surface area contributed by atoms with Crippen LogP contribution in [-0.2, 0) is 0 Å². The minimum atomic E-state index is -1.19. The topological polar surface area (TPSA) is 12.0 Å². The minimum absolute atomic E-state index is 0.0804. The SMILES string of the molecule is CNC(c1ccc(Br)cc1C)c1cc(F)c(F)cc1F. The van der Waals surface area contributed by atoms with Crippen molar-refractivity contribution in [3.05, 3.63) is 68.9 Å². The van der Waals surface area contributed by atoms with Gasteiger partial charge in [-0.3, -0.25) is 0 Å². The Kier molecular flexibility index (Phi) is 4.50. The number of hydrogen-bond donors (Lipinski definition) is 1. The molecule has 0 amide bonds. The number of aryl methyl sites for hydroxylation is 1. The summed E-state index contributed by atoms with van der Waals surface area (Å²) in [4.78, 5) is 0. The van der Waals surface area contributed by atoms with Crippen molar-refractivity contribution in [2.45, 2.75) is 13.0 Å². The molecule has 0 aliphatic carbocycles. The van der Waals surface area contributed by atoms with E-state index in [0.717, 1.165) is 21.7 Å². The fourth-order valence-corrected chi connectivity index (χ4v) is 2.68. The van der Waals surface area contributed by atoms with E-state index in [1.54, 1.807) is 7.05 Å². The van der Waals surface area contributed by atoms with Gasteiger partial charge < -0.3 is 5.32 Å². The smallest absolute Gasteiger partial charge is 0.161 e. The molecule has 0 aromatic heterocycles. The summed E-state index contributed by atoms with van der Waals surface area (Å²) < 4.78 is 41.2. The summed E-state index contributed by atoms with van der Waals surface area (Å²) in [5.74, 6) is -3.02. The Hall–Kier alpha value is -1.33. The highest BCUT2D eigenvalue weighted by Gasteiger charge is 2.20. The molecule has 1 atom stereocenters. The molecule has 0 fully saturated rings. The average molecular weight is 344 g/mol. The van der Waals surface area contributed by atoms with E-state index in [-0.39, 0.29) is 5.56 Å². The van der Waals surface area contributed by atoms with Crippen LogP contribution in [0.5, 0.6) is 0 Å². The summed E-state index contributed by atoms with van der Waals surface area (Å²) in [6, 6.07) is 6.46. The molecule has 0 aliphatic rings. The van der Waals surface area contributed by atoms with Gasteiger partial charge in [0.25, 0.3) is 0 Å². The maximum Gasteiger partial charge on any atom is 0.161 e. The van der Waals surface area contributed by atoms with Gasteiger partial charge in [-0.25, -0.2) is 13.2 Å². The lowest BCUT2D eigenvalue weighted by molar-refractivity contribution is 0.483. The van der Waals surface area contributed by atoms with Crippen LogP contribution in [0.3, 0.4) is 0 Å². The van der Waals surface area contributed by atoms with Crippen molar-refractivity contribution in [2.75, 3.05) is 7.05 Å². The second-order valence-electron chi connectivity index (χ2n) is 4.51. The Bertz CT molecular complexity index is 643. The number of nitrogens with one attached hydrogen (secondary N) is 1. The molecule has 0 spiro atoms. The Morgan fingerprint density at radius 3 is 2.20 bits per heavy atom. The van der Waals surface area contributed by atoms with Crippen molar-refractivity contribution < 1.29 is 13.2 Å². The fraction of sp³-hybridized carbons (Fsp3) is 0.200. The maximum absolute atomic E-state index is 13.9. The van der Waals surface area contributed by atoms with Gasteiger partial charge in [0, 0.05) is 16.1 Å². The second-order valence-corrected chi connectivity index (χ2v) is 5.43. The first kappa shape index (κ1) is 15.1. The number of halogens is 4. The van der Waals surface area contributed by atoms with Crippen LogP contribution in [0.25, 0.3) is 0 Å². The van der Waals surface area contributed by atoms with Crippen LogP contribution in [0.1, 0.15) is 22.7 Å². The van der Waals surface area contributed by atoms with Gasteiger partial charge in [0.1, 0.15) is 5.82 Å². The van der Waals surface area contributed by atoms with Gasteiger partial charge in [0.15, 0.2) is 11.6 Å². The molecule has 1 N–H and O–H groups in total. The quantitative estimate of drug-likeness (QED) is 0.810. The largest absolute Gasteiger partial charge is 0.309 e. The van der Waals surface area contributed by atoms with E-state index in [1.807, 2.05) is 25.1 Å². The zero-order valence-electron chi connectivity index (χ0n) is 11.0. The molecule has 0 aliphatic heterocycles. The van der Waals surface area contributed by atoms with Crippen molar-refractivity contribution in [3.8, 4) is 0 Å². The van der Waals surface area contributed by atoms with Gasteiger partial charge in [-0.15, -0.1) is 0 Å². The van der Waals surface area contributed by atoms with Crippen molar-refractivity contribution in [1.29, 1.82) is 0 Å². The van der Waals surface area contributed by atoms with Gasteiger partial charge in [-0.1, -0.05) is 22.0 Å². The maximum atomic E-state index is 13.9. The standard InChI is InChI=1S/C15H13BrF3N/c1-8-5-9(16)3-4-10(8)15(20-2)11-6-13(18)14(19)7-12(11)17/h3-7,15,20H,1-2H3. The Balaban J connectivity index is 2.55. The number of hydrogen-bond acceptors (Lipinski definition) is 1. The highest BCUT2D eigenvalue weighted by molar-refractivity contribution is 9.10. The third-order valence-electron chi connectivity index (χ3n) is 3.18. The Labute approximate surface area is 123 Å². The normalized spacial score (nSPS) is 12.5. The third-order valence-corrected chi connectivity index (χ3v) is 3.68. The van der Waals surface area contributed by atoms with Crippen LogP contribution < -0.4 is 5.32 Å². The summed E-state index contributed by atoms with van der Waals surface area (Å²) in [6.07, 6.45) is 0. The number of benzene rings is 2. The molecule has 5 heteroatoms. The molecule has 1 unspecified atom stereocenters. The van der Waals surface area contributed by atoms with Crippen LogP contribution in [0.2, 0.25) is 0 Å². The van der Waals surface area contributed by atoms with Crippen molar-refractivity contribution in [2.24, 2.45) is 0 Å². The van der Waals surface area contributed by atoms with Crippen LogP contribution >= 0.6 is 15.9 Å². The second kappa shape index (κ2) is 5.97. The number of rotatable bonds is 3. The third kappa shape index (κ3) is 2.88. The van der Waals surface area contributed by atoms with E-state index in [9.17, 15) is 13.2 Å². The van der Waals surface area contributed by atoms with Gasteiger partial charge in [-0.2, -0.15) is 0 Å². The first-order valence-electron chi connectivity index (χ1n) is 6.01. The van der Waals surface area contributed by atoms with E-state index in [0.29, 0.717) is 6.07 Å². The van der Waals surface area contributed by atoms with Crippen LogP contribution in [0.15, 0.2) is 34.8 Å². The highest BCUT2D eigenvalue weighted by Crippen LogP contribution is 2.29. The molecule has 2 aromatic carbocycles. The fourth-order valence-electron chi connectivity index (χ4n) is 2.20. The van der Waals surface area contributed by atoms with Gasteiger partial charge >= 0.3 is 0 Å². The van der Waals surface area contributed by atoms with E-state index < -0.39 is 23.5 Å². The van der Waals surface area contributed by atoms with Crippen LogP contribution in [0, 0.1) is 24.4 Å². The van der Waals surface area contributed by atoms with Gasteiger partial charge in [0.05, 0.1) is 6.04 Å². The predicted molar refractivity (Wildman–Crippen MR) is 76.1 cm³/mol. The first-order valence-corrected chi connectivity index (χ1v) is 6.81. The van der Waals surface area contributed by atoms with Gasteiger partial charge in [0.2, 0.25) is 0 Å². The molecule has 1 nitrogen and oxygen atoms in total. The highest BCUT2D eigenvalue weighted by atomic mass is 79.9. The first-order chi connectivity index (χ1) is 9.43. The van der Waals surface area contributed by atoms with Crippen LogP contribution in [0.4, 0.5) is 13.2 Å². The summed E-state index contributed by atoms with van der Waals surface area (Å²) in [5, 5.41) is 2.94. The summed E-state index contributed by atoms with van der Waals surface area (Å²) in [5.41, 5.74) is 1.81. The summed E-state index contributed by atoms with van der Waals surface area (Å²) in [6.45, 7) is 1.88. The predicted octanol–water partition coefficient (Wildman–Crippen LogP) is 4.48. The van der Waals surface area contributed by atoms with Crippen molar-refractivity contribution in [3.63, 3.8) is 0 Å². The molecule has 0 saturated carbocycles. The van der Waals surface area contributed by atoms with Crippen LogP contribution in [-0.4, -0.2) is 7.05 Å². The lowest BCUT2D eigenvalue weighted by Crippen LogP contribution is -2.20. The molecule has 0 radical (unpaired) electrons. The molecule has 0 bridgehead atoms. The molecule has 2 rings (SSSR count). The zero-order chi connectivity index (χ0) is 14.9. The molecular formula is C15H13BrF3N. The van der Waals surface area contributed by atoms with Gasteiger partial charge in [-0.05, 0) is 43.3 Å². The van der Waals surface area contributed by atoms with E-state index in [4.69, 9.17) is 0 Å². The molecule has 20 heavy (non-hydrogen) atoms. The summed E-state index contributed by atoms with van der Waals surface area (Å²) >= 11 is 3.36. The van der Waals surface area contributed by atoms with E-state index in [2.05, 4.69) is 21.2 Å². The average Bonchev–Trinajstić information content (AvgIpc) is 2.38. The van der Waals surface area contributed by atoms with Crippen molar-refractivity contribution in [1.82, 2.24) is 5.32 Å². The van der Waals surface area contributed by atoms with E-state index >= 15 is 0 Å². The molecule has 106 valence electrons. The Morgan fingerprint density at radius 2 is 1.60 bits per heavy atom. The zero-order valence-corrected chi connectivity index (χ0v) is 12.6. The lowest BCUT2D eigenvalue weighted by Gasteiger charge is -2.20. The van der Waals surface area contributed by atoms with E-state index in [1.165, 1.54) is 0 Å². The minimum Gasteiger partial charge on any atom is -0.309 e. The lowest BCUT2D eigenvalue weighted by atomic mass is 9.94. The monoisotopic (exact) mass is 343 g/mol. The van der Waals surface area contributed by atoms with Crippen molar-refractivity contribution >= 4 is 15.9 Å². The molecule has 0 heterocycles. The molecule has 0 saturated heterocycles.